The lowest BCUT2D eigenvalue weighted by Gasteiger charge is -2.40. The van der Waals surface area contributed by atoms with Crippen LogP contribution in [0.3, 0.4) is 0 Å². The van der Waals surface area contributed by atoms with E-state index in [9.17, 15) is 9.90 Å². The predicted molar refractivity (Wildman–Crippen MR) is 51.2 cm³/mol. The van der Waals surface area contributed by atoms with Gasteiger partial charge >= 0.3 is 5.97 Å². The zero-order valence-electron chi connectivity index (χ0n) is 8.68. The first kappa shape index (κ1) is 14.3. The summed E-state index contributed by atoms with van der Waals surface area (Å²) in [6.07, 6.45) is 0.367. The van der Waals surface area contributed by atoms with E-state index in [4.69, 9.17) is 20.4 Å². The van der Waals surface area contributed by atoms with Crippen molar-refractivity contribution in [2.45, 2.75) is 25.4 Å². The van der Waals surface area contributed by atoms with Crippen LogP contribution in [0.2, 0.25) is 0 Å². The van der Waals surface area contributed by atoms with Crippen molar-refractivity contribution in [2.75, 3.05) is 19.8 Å². The normalized spacial score (nSPS) is 16.1. The van der Waals surface area contributed by atoms with Crippen LogP contribution >= 0.6 is 0 Å². The quantitative estimate of drug-likeness (QED) is 0.360. The zero-order valence-corrected chi connectivity index (χ0v) is 8.68. The highest BCUT2D eigenvalue weighted by molar-refractivity contribution is 5.76. The maximum absolute atomic E-state index is 11.1. The van der Waals surface area contributed by atoms with Gasteiger partial charge in [0.25, 0.3) is 0 Å². The van der Waals surface area contributed by atoms with Gasteiger partial charge in [0, 0.05) is 0 Å². The monoisotopic (exact) mass is 222 g/mol. The Balaban J connectivity index is 5.30. The van der Waals surface area contributed by atoms with Crippen molar-refractivity contribution in [1.29, 1.82) is 0 Å². The highest BCUT2D eigenvalue weighted by atomic mass is 16.4. The van der Waals surface area contributed by atoms with Crippen molar-refractivity contribution in [3.8, 4) is 0 Å². The average molecular weight is 222 g/mol. The van der Waals surface area contributed by atoms with E-state index in [1.807, 2.05) is 0 Å². The Morgan fingerprint density at radius 1 is 1.13 bits per heavy atom. The fourth-order valence-electron chi connectivity index (χ4n) is 1.61. The number of rotatable bonds is 7. The summed E-state index contributed by atoms with van der Waals surface area (Å²) < 4.78 is 0. The molecule has 15 heavy (non-hydrogen) atoms. The molecule has 0 saturated carbocycles. The lowest BCUT2D eigenvalue weighted by atomic mass is 9.70. The summed E-state index contributed by atoms with van der Waals surface area (Å²) in [7, 11) is 0. The second kappa shape index (κ2) is 5.41. The Morgan fingerprint density at radius 2 is 1.60 bits per heavy atom. The molecule has 6 heteroatoms. The van der Waals surface area contributed by atoms with E-state index in [1.165, 1.54) is 0 Å². The molecule has 0 aliphatic rings. The number of hydrogen-bond acceptors (Lipinski definition) is 5. The first-order chi connectivity index (χ1) is 6.94. The van der Waals surface area contributed by atoms with E-state index < -0.39 is 36.8 Å². The van der Waals surface area contributed by atoms with Gasteiger partial charge in [-0.05, 0) is 6.42 Å². The molecule has 0 bridgehead atoms. The van der Waals surface area contributed by atoms with Gasteiger partial charge in [0.1, 0.15) is 11.0 Å². The molecule has 5 N–H and O–H groups in total. The molecule has 1 atom stereocenters. The van der Waals surface area contributed by atoms with Gasteiger partial charge in [0.2, 0.25) is 0 Å². The van der Waals surface area contributed by atoms with Gasteiger partial charge in [-0.15, -0.1) is 0 Å². The molecule has 6 nitrogen and oxygen atoms in total. The molecule has 0 aromatic rings. The second-order valence-corrected chi connectivity index (χ2v) is 3.64. The molecule has 90 valence electrons. The van der Waals surface area contributed by atoms with Crippen molar-refractivity contribution < 1.29 is 30.3 Å². The minimum Gasteiger partial charge on any atom is -0.481 e. The topological polar surface area (TPSA) is 118 Å². The van der Waals surface area contributed by atoms with E-state index in [-0.39, 0.29) is 6.42 Å². The number of carbonyl (C=O) groups is 1. The van der Waals surface area contributed by atoms with Crippen LogP contribution in [0.5, 0.6) is 0 Å². The van der Waals surface area contributed by atoms with E-state index >= 15 is 0 Å². The molecule has 0 aliphatic heterocycles. The minimum absolute atomic E-state index is 0.0313. The van der Waals surface area contributed by atoms with Gasteiger partial charge in [-0.3, -0.25) is 4.79 Å². The Morgan fingerprint density at radius 3 is 1.80 bits per heavy atom. The Labute approximate surface area is 87.8 Å². The molecule has 0 fully saturated rings. The molecule has 0 aromatic heterocycles. The lowest BCUT2D eigenvalue weighted by molar-refractivity contribution is -0.194. The van der Waals surface area contributed by atoms with E-state index in [2.05, 4.69) is 0 Å². The Bertz CT molecular complexity index is 213. The molecule has 0 spiro atoms. The van der Waals surface area contributed by atoms with E-state index in [0.717, 1.165) is 0 Å². The molecular formula is C9H18O6. The number of aliphatic hydroxyl groups excluding tert-OH is 3. The van der Waals surface area contributed by atoms with Crippen LogP contribution in [-0.2, 0) is 4.79 Å². The van der Waals surface area contributed by atoms with Gasteiger partial charge in [-0.2, -0.15) is 0 Å². The van der Waals surface area contributed by atoms with Crippen LogP contribution in [0.15, 0.2) is 0 Å². The number of hydrogen-bond donors (Lipinski definition) is 5. The summed E-state index contributed by atoms with van der Waals surface area (Å²) in [5.41, 5.74) is -4.14. The zero-order chi connectivity index (χ0) is 12.1. The van der Waals surface area contributed by atoms with Gasteiger partial charge in [-0.1, -0.05) is 13.3 Å². The van der Waals surface area contributed by atoms with Crippen molar-refractivity contribution >= 4 is 5.97 Å². The molecule has 1 unspecified atom stereocenters. The third kappa shape index (κ3) is 2.28. The van der Waals surface area contributed by atoms with Gasteiger partial charge < -0.3 is 25.5 Å². The summed E-state index contributed by atoms with van der Waals surface area (Å²) in [5.74, 6) is -1.43. The molecular weight excluding hydrogens is 204 g/mol. The lowest BCUT2D eigenvalue weighted by Crippen LogP contribution is -2.60. The third-order valence-electron chi connectivity index (χ3n) is 2.77. The number of aliphatic hydroxyl groups is 4. The fraction of sp³-hybridized carbons (Fsp3) is 0.889. The fourth-order valence-corrected chi connectivity index (χ4v) is 1.61. The standard InChI is InChI=1S/C9H18O6/c1-2-3-8(4-10,7(13)14)9(15,5-11)6-12/h10-12,15H,2-6H2,1H3,(H,13,14). The van der Waals surface area contributed by atoms with Crippen molar-refractivity contribution in [1.82, 2.24) is 0 Å². The maximum Gasteiger partial charge on any atom is 0.315 e. The third-order valence-corrected chi connectivity index (χ3v) is 2.77. The van der Waals surface area contributed by atoms with Gasteiger partial charge in [0.05, 0.1) is 19.8 Å². The van der Waals surface area contributed by atoms with E-state index in [0.29, 0.717) is 6.42 Å². The summed E-state index contributed by atoms with van der Waals surface area (Å²) >= 11 is 0. The first-order valence-corrected chi connectivity index (χ1v) is 4.72. The molecule has 0 rings (SSSR count). The number of carboxylic acids is 1. The number of aliphatic carboxylic acids is 1. The Hall–Kier alpha value is -0.690. The van der Waals surface area contributed by atoms with Gasteiger partial charge in [-0.25, -0.2) is 0 Å². The maximum atomic E-state index is 11.1. The van der Waals surface area contributed by atoms with Crippen LogP contribution in [0, 0.1) is 5.41 Å². The minimum atomic E-state index is -2.22. The second-order valence-electron chi connectivity index (χ2n) is 3.64. The van der Waals surface area contributed by atoms with Crippen LogP contribution in [0.25, 0.3) is 0 Å². The van der Waals surface area contributed by atoms with Crippen molar-refractivity contribution in [2.24, 2.45) is 5.41 Å². The smallest absolute Gasteiger partial charge is 0.315 e. The van der Waals surface area contributed by atoms with Gasteiger partial charge in [0.15, 0.2) is 0 Å². The summed E-state index contributed by atoms with van der Waals surface area (Å²) in [4.78, 5) is 11.1. The molecule has 0 heterocycles. The van der Waals surface area contributed by atoms with Crippen molar-refractivity contribution in [3.63, 3.8) is 0 Å². The molecule has 0 radical (unpaired) electrons. The van der Waals surface area contributed by atoms with Crippen LogP contribution in [-0.4, -0.2) is 56.9 Å². The SMILES string of the molecule is CCCC(CO)(C(=O)O)C(O)(CO)CO. The summed E-state index contributed by atoms with van der Waals surface area (Å²) in [6.45, 7) is -0.997. The summed E-state index contributed by atoms with van der Waals surface area (Å²) in [6, 6.07) is 0. The first-order valence-electron chi connectivity index (χ1n) is 4.72. The number of carboxylic acid groups (broad SMARTS) is 1. The van der Waals surface area contributed by atoms with Crippen LogP contribution in [0.4, 0.5) is 0 Å². The Kier molecular flexibility index (Phi) is 5.16. The molecule has 0 saturated heterocycles. The largest absolute Gasteiger partial charge is 0.481 e. The van der Waals surface area contributed by atoms with E-state index in [1.54, 1.807) is 6.92 Å². The van der Waals surface area contributed by atoms with Crippen LogP contribution < -0.4 is 0 Å². The highest BCUT2D eigenvalue weighted by Crippen LogP contribution is 2.36. The average Bonchev–Trinajstić information content (AvgIpc) is 2.24. The predicted octanol–water partition coefficient (Wildman–Crippen LogP) is -1.43. The summed E-state index contributed by atoms with van der Waals surface area (Å²) in [5, 5.41) is 45.8. The molecule has 0 aliphatic carbocycles. The van der Waals surface area contributed by atoms with Crippen LogP contribution in [0.1, 0.15) is 19.8 Å². The molecule has 0 aromatic carbocycles. The highest BCUT2D eigenvalue weighted by Gasteiger charge is 2.54. The molecule has 0 amide bonds. The van der Waals surface area contributed by atoms with Crippen molar-refractivity contribution in [3.05, 3.63) is 0 Å².